The van der Waals surface area contributed by atoms with Crippen LogP contribution in [0.2, 0.25) is 0 Å². The van der Waals surface area contributed by atoms with Gasteiger partial charge in [0.25, 0.3) is 0 Å². The van der Waals surface area contributed by atoms with E-state index in [2.05, 4.69) is 31.9 Å². The van der Waals surface area contributed by atoms with Crippen LogP contribution in [0.1, 0.15) is 11.1 Å². The van der Waals surface area contributed by atoms with Crippen molar-refractivity contribution in [1.29, 1.82) is 0 Å². The van der Waals surface area contributed by atoms with Crippen molar-refractivity contribution in [3.63, 3.8) is 0 Å². The molecule has 6 heteroatoms. The molecule has 0 unspecified atom stereocenters. The predicted molar refractivity (Wildman–Crippen MR) is 84.5 cm³/mol. The molecule has 0 saturated carbocycles. The number of hydrogen-bond acceptors (Lipinski definition) is 3. The maximum Gasteiger partial charge on any atom is 0.314 e. The van der Waals surface area contributed by atoms with Crippen LogP contribution in [0.3, 0.4) is 0 Å². The fourth-order valence-electron chi connectivity index (χ4n) is 1.86. The van der Waals surface area contributed by atoms with Crippen molar-refractivity contribution in [3.05, 3.63) is 60.5 Å². The molecule has 0 aliphatic rings. The second kappa shape index (κ2) is 5.93. The van der Waals surface area contributed by atoms with Gasteiger partial charge in [0.1, 0.15) is 5.75 Å². The van der Waals surface area contributed by atoms with Crippen LogP contribution in [0.5, 0.6) is 11.5 Å². The van der Waals surface area contributed by atoms with E-state index >= 15 is 0 Å². The number of aryl methyl sites for hydroxylation is 2. The SMILES string of the molecule is Cc1cc(Br)ccc1Oc1cc(Br)cc(C)c1[N+](=O)[O-]. The molecule has 0 amide bonds. The van der Waals surface area contributed by atoms with Gasteiger partial charge in [0.15, 0.2) is 0 Å². The van der Waals surface area contributed by atoms with Crippen molar-refractivity contribution in [1.82, 2.24) is 0 Å². The number of rotatable bonds is 3. The zero-order valence-electron chi connectivity index (χ0n) is 10.8. The number of nitrogens with zero attached hydrogens (tertiary/aromatic N) is 1. The first-order valence-corrected chi connectivity index (χ1v) is 7.35. The second-order valence-electron chi connectivity index (χ2n) is 4.34. The summed E-state index contributed by atoms with van der Waals surface area (Å²) in [5.74, 6) is 0.820. The van der Waals surface area contributed by atoms with E-state index < -0.39 is 4.92 Å². The third-order valence-corrected chi connectivity index (χ3v) is 3.72. The molecule has 4 nitrogen and oxygen atoms in total. The lowest BCUT2D eigenvalue weighted by Crippen LogP contribution is -1.97. The first-order valence-electron chi connectivity index (χ1n) is 5.77. The smallest absolute Gasteiger partial charge is 0.314 e. The molecule has 0 bridgehead atoms. The molecular formula is C14H11Br2NO3. The Kier molecular flexibility index (Phi) is 4.45. The van der Waals surface area contributed by atoms with E-state index in [0.29, 0.717) is 11.3 Å². The summed E-state index contributed by atoms with van der Waals surface area (Å²) < 4.78 is 7.40. The van der Waals surface area contributed by atoms with E-state index in [9.17, 15) is 10.1 Å². The van der Waals surface area contributed by atoms with E-state index in [-0.39, 0.29) is 11.4 Å². The summed E-state index contributed by atoms with van der Waals surface area (Å²) >= 11 is 6.70. The standard InChI is InChI=1S/C14H11Br2NO3/c1-8-5-10(15)3-4-12(8)20-13-7-11(16)6-9(2)14(13)17(18)19/h3-7H,1-2H3. The van der Waals surface area contributed by atoms with Gasteiger partial charge >= 0.3 is 5.69 Å². The van der Waals surface area contributed by atoms with Crippen molar-refractivity contribution < 1.29 is 9.66 Å². The summed E-state index contributed by atoms with van der Waals surface area (Å²) in [7, 11) is 0. The van der Waals surface area contributed by atoms with Crippen molar-refractivity contribution in [2.45, 2.75) is 13.8 Å². The van der Waals surface area contributed by atoms with Gasteiger partial charge in [-0.1, -0.05) is 31.9 Å². The van der Waals surface area contributed by atoms with Crippen LogP contribution in [-0.2, 0) is 0 Å². The Labute approximate surface area is 133 Å². The Hall–Kier alpha value is -1.40. The van der Waals surface area contributed by atoms with Crippen molar-refractivity contribution >= 4 is 37.5 Å². The molecule has 104 valence electrons. The Morgan fingerprint density at radius 2 is 1.65 bits per heavy atom. The highest BCUT2D eigenvalue weighted by Crippen LogP contribution is 2.38. The topological polar surface area (TPSA) is 52.4 Å². The first kappa shape index (κ1) is 15.0. The van der Waals surface area contributed by atoms with Crippen molar-refractivity contribution in [2.24, 2.45) is 0 Å². The van der Waals surface area contributed by atoms with Gasteiger partial charge in [0, 0.05) is 20.6 Å². The van der Waals surface area contributed by atoms with Gasteiger partial charge in [-0.15, -0.1) is 0 Å². The Morgan fingerprint density at radius 3 is 2.25 bits per heavy atom. The van der Waals surface area contributed by atoms with Gasteiger partial charge in [-0.05, 0) is 43.7 Å². The van der Waals surface area contributed by atoms with E-state index in [0.717, 1.165) is 14.5 Å². The van der Waals surface area contributed by atoms with Crippen LogP contribution in [0, 0.1) is 24.0 Å². The highest BCUT2D eigenvalue weighted by atomic mass is 79.9. The molecule has 0 spiro atoms. The monoisotopic (exact) mass is 399 g/mol. The summed E-state index contributed by atoms with van der Waals surface area (Å²) in [5, 5.41) is 11.2. The van der Waals surface area contributed by atoms with E-state index in [4.69, 9.17) is 4.74 Å². The average Bonchev–Trinajstić information content (AvgIpc) is 2.31. The molecule has 2 aromatic rings. The number of hydrogen-bond donors (Lipinski definition) is 0. The van der Waals surface area contributed by atoms with Crippen LogP contribution >= 0.6 is 31.9 Å². The van der Waals surface area contributed by atoms with Gasteiger partial charge in [-0.2, -0.15) is 0 Å². The molecule has 0 N–H and O–H groups in total. The van der Waals surface area contributed by atoms with Gasteiger partial charge in [-0.25, -0.2) is 0 Å². The minimum Gasteiger partial charge on any atom is -0.450 e. The van der Waals surface area contributed by atoms with E-state index in [1.807, 2.05) is 19.1 Å². The van der Waals surface area contributed by atoms with Crippen molar-refractivity contribution in [2.75, 3.05) is 0 Å². The molecule has 0 fully saturated rings. The Balaban J connectivity index is 2.50. The van der Waals surface area contributed by atoms with Crippen LogP contribution < -0.4 is 4.74 Å². The lowest BCUT2D eigenvalue weighted by Gasteiger charge is -2.11. The van der Waals surface area contributed by atoms with Crippen molar-refractivity contribution in [3.8, 4) is 11.5 Å². The summed E-state index contributed by atoms with van der Waals surface area (Å²) in [6, 6.07) is 8.80. The molecule has 0 aliphatic carbocycles. The summed E-state index contributed by atoms with van der Waals surface area (Å²) in [6.07, 6.45) is 0. The summed E-state index contributed by atoms with van der Waals surface area (Å²) in [4.78, 5) is 10.8. The highest BCUT2D eigenvalue weighted by molar-refractivity contribution is 9.10. The number of benzene rings is 2. The predicted octanol–water partition coefficient (Wildman–Crippen LogP) is 5.53. The maximum atomic E-state index is 11.2. The normalized spacial score (nSPS) is 10.4. The van der Waals surface area contributed by atoms with Crippen LogP contribution in [0.15, 0.2) is 39.3 Å². The highest BCUT2D eigenvalue weighted by Gasteiger charge is 2.20. The van der Waals surface area contributed by atoms with Gasteiger partial charge < -0.3 is 4.74 Å². The summed E-state index contributed by atoms with van der Waals surface area (Å²) in [5.41, 5.74) is 1.43. The zero-order chi connectivity index (χ0) is 14.9. The zero-order valence-corrected chi connectivity index (χ0v) is 14.0. The quantitative estimate of drug-likeness (QED) is 0.502. The van der Waals surface area contributed by atoms with Gasteiger partial charge in [0.05, 0.1) is 4.92 Å². The average molecular weight is 401 g/mol. The van der Waals surface area contributed by atoms with Gasteiger partial charge in [-0.3, -0.25) is 10.1 Å². The minimum absolute atomic E-state index is 0.0180. The number of ether oxygens (including phenoxy) is 1. The number of nitro benzene ring substituents is 1. The first-order chi connectivity index (χ1) is 9.38. The molecule has 0 heterocycles. The lowest BCUT2D eigenvalue weighted by atomic mass is 10.2. The molecule has 0 aliphatic heterocycles. The Morgan fingerprint density at radius 1 is 1.00 bits per heavy atom. The second-order valence-corrected chi connectivity index (χ2v) is 6.17. The largest absolute Gasteiger partial charge is 0.450 e. The maximum absolute atomic E-state index is 11.2. The number of nitro groups is 1. The third kappa shape index (κ3) is 3.19. The van der Waals surface area contributed by atoms with Gasteiger partial charge in [0.2, 0.25) is 5.75 Å². The summed E-state index contributed by atoms with van der Waals surface area (Å²) in [6.45, 7) is 3.57. The van der Waals surface area contributed by atoms with E-state index in [1.165, 1.54) is 0 Å². The van der Waals surface area contributed by atoms with Crippen LogP contribution in [0.4, 0.5) is 5.69 Å². The van der Waals surface area contributed by atoms with Crippen LogP contribution in [0.25, 0.3) is 0 Å². The molecule has 20 heavy (non-hydrogen) atoms. The molecule has 0 aromatic heterocycles. The third-order valence-electron chi connectivity index (χ3n) is 2.77. The molecule has 2 rings (SSSR count). The van der Waals surface area contributed by atoms with E-state index in [1.54, 1.807) is 25.1 Å². The fraction of sp³-hybridized carbons (Fsp3) is 0.143. The molecule has 0 radical (unpaired) electrons. The molecule has 0 atom stereocenters. The fourth-order valence-corrected chi connectivity index (χ4v) is 2.89. The van der Waals surface area contributed by atoms with Crippen LogP contribution in [-0.4, -0.2) is 4.92 Å². The number of halogens is 2. The molecule has 0 saturated heterocycles. The Bertz CT molecular complexity index is 686. The molecular weight excluding hydrogens is 390 g/mol. The molecule has 2 aromatic carbocycles. The lowest BCUT2D eigenvalue weighted by molar-refractivity contribution is -0.386. The minimum atomic E-state index is -0.425.